The van der Waals surface area contributed by atoms with E-state index in [1.807, 2.05) is 38.1 Å². The molecule has 0 bridgehead atoms. The summed E-state index contributed by atoms with van der Waals surface area (Å²) in [6.07, 6.45) is 0.409. The first-order valence-corrected chi connectivity index (χ1v) is 8.07. The molecule has 0 aliphatic rings. The van der Waals surface area contributed by atoms with Gasteiger partial charge in [0.1, 0.15) is 11.6 Å². The quantitative estimate of drug-likeness (QED) is 0.760. The normalized spacial score (nSPS) is 10.5. The zero-order chi connectivity index (χ0) is 17.5. The van der Waals surface area contributed by atoms with Crippen molar-refractivity contribution >= 4 is 28.9 Å². The molecular formula is C18H20ClFN2O2. The number of carbonyl (C=O) groups is 1. The second kappa shape index (κ2) is 8.55. The van der Waals surface area contributed by atoms with Crippen molar-refractivity contribution < 1.29 is 13.9 Å². The number of carbonyl (C=O) groups excluding carboxylic acids is 1. The van der Waals surface area contributed by atoms with Gasteiger partial charge >= 0.3 is 0 Å². The monoisotopic (exact) mass is 350 g/mol. The first-order chi connectivity index (χ1) is 11.4. The molecule has 1 amide bonds. The Hall–Kier alpha value is -2.27. The van der Waals surface area contributed by atoms with Crippen molar-refractivity contribution in [3.63, 3.8) is 0 Å². The number of nitrogens with one attached hydrogen (secondary N) is 2. The van der Waals surface area contributed by atoms with Gasteiger partial charge in [0, 0.05) is 24.3 Å². The minimum atomic E-state index is -0.513. The minimum Gasteiger partial charge on any atom is -0.491 e. The Bertz CT molecular complexity index is 690. The molecule has 0 unspecified atom stereocenters. The van der Waals surface area contributed by atoms with Gasteiger partial charge in [-0.1, -0.05) is 11.6 Å². The maximum Gasteiger partial charge on any atom is 0.226 e. The molecule has 2 aromatic rings. The SMILES string of the molecule is CC(C)Oc1ccc(NCCC(=O)Nc2ccc(F)c(Cl)c2)cc1. The highest BCUT2D eigenvalue weighted by Gasteiger charge is 2.05. The fraction of sp³-hybridized carbons (Fsp3) is 0.278. The average molecular weight is 351 g/mol. The van der Waals surface area contributed by atoms with E-state index in [0.717, 1.165) is 11.4 Å². The van der Waals surface area contributed by atoms with Crippen LogP contribution in [0.3, 0.4) is 0 Å². The van der Waals surface area contributed by atoms with Gasteiger partial charge in [0.15, 0.2) is 0 Å². The van der Waals surface area contributed by atoms with Crippen molar-refractivity contribution in [2.75, 3.05) is 17.2 Å². The second-order valence-corrected chi connectivity index (χ2v) is 5.95. The number of halogens is 2. The molecule has 24 heavy (non-hydrogen) atoms. The molecule has 6 heteroatoms. The smallest absolute Gasteiger partial charge is 0.226 e. The van der Waals surface area contributed by atoms with Crippen LogP contribution < -0.4 is 15.4 Å². The molecule has 2 aromatic carbocycles. The van der Waals surface area contributed by atoms with Crippen LogP contribution in [-0.2, 0) is 4.79 Å². The van der Waals surface area contributed by atoms with Gasteiger partial charge in [-0.05, 0) is 56.3 Å². The van der Waals surface area contributed by atoms with Gasteiger partial charge < -0.3 is 15.4 Å². The van der Waals surface area contributed by atoms with Gasteiger partial charge in [0.2, 0.25) is 5.91 Å². The maximum atomic E-state index is 13.1. The molecule has 2 N–H and O–H groups in total. The fourth-order valence-corrected chi connectivity index (χ4v) is 2.22. The Balaban J connectivity index is 1.76. The van der Waals surface area contributed by atoms with Gasteiger partial charge in [-0.15, -0.1) is 0 Å². The van der Waals surface area contributed by atoms with E-state index in [1.165, 1.54) is 18.2 Å². The number of amides is 1. The van der Waals surface area contributed by atoms with E-state index in [0.29, 0.717) is 12.2 Å². The summed E-state index contributed by atoms with van der Waals surface area (Å²) in [4.78, 5) is 11.9. The van der Waals surface area contributed by atoms with E-state index in [9.17, 15) is 9.18 Å². The van der Waals surface area contributed by atoms with Crippen molar-refractivity contribution in [3.05, 3.63) is 53.3 Å². The number of anilines is 2. The largest absolute Gasteiger partial charge is 0.491 e. The van der Waals surface area contributed by atoms with Crippen molar-refractivity contribution in [2.45, 2.75) is 26.4 Å². The first-order valence-electron chi connectivity index (χ1n) is 7.69. The van der Waals surface area contributed by atoms with E-state index in [-0.39, 0.29) is 23.5 Å². The molecular weight excluding hydrogens is 331 g/mol. The lowest BCUT2D eigenvalue weighted by Crippen LogP contribution is -2.16. The molecule has 0 atom stereocenters. The summed E-state index contributed by atoms with van der Waals surface area (Å²) < 4.78 is 18.6. The molecule has 0 heterocycles. The van der Waals surface area contributed by atoms with E-state index in [1.54, 1.807) is 0 Å². The van der Waals surface area contributed by atoms with Gasteiger partial charge in [-0.25, -0.2) is 4.39 Å². The van der Waals surface area contributed by atoms with Crippen molar-refractivity contribution in [1.29, 1.82) is 0 Å². The van der Waals surface area contributed by atoms with Crippen LogP contribution in [0.4, 0.5) is 15.8 Å². The van der Waals surface area contributed by atoms with Gasteiger partial charge in [0.05, 0.1) is 11.1 Å². The highest BCUT2D eigenvalue weighted by molar-refractivity contribution is 6.31. The second-order valence-electron chi connectivity index (χ2n) is 5.54. The van der Waals surface area contributed by atoms with Gasteiger partial charge in [-0.3, -0.25) is 4.79 Å². The highest BCUT2D eigenvalue weighted by atomic mass is 35.5. The van der Waals surface area contributed by atoms with Crippen molar-refractivity contribution in [1.82, 2.24) is 0 Å². The molecule has 0 radical (unpaired) electrons. The van der Waals surface area contributed by atoms with Crippen molar-refractivity contribution in [2.24, 2.45) is 0 Å². The zero-order valence-electron chi connectivity index (χ0n) is 13.6. The standard InChI is InChI=1S/C18H20ClFN2O2/c1-12(2)24-15-6-3-13(4-7-15)21-10-9-18(23)22-14-5-8-17(20)16(19)11-14/h3-8,11-12,21H,9-10H2,1-2H3,(H,22,23). The molecule has 0 aliphatic carbocycles. The third kappa shape index (κ3) is 5.74. The van der Waals surface area contributed by atoms with Crippen LogP contribution in [0.2, 0.25) is 5.02 Å². The maximum absolute atomic E-state index is 13.1. The molecule has 0 aliphatic heterocycles. The highest BCUT2D eigenvalue weighted by Crippen LogP contribution is 2.19. The Labute approximate surface area is 146 Å². The van der Waals surface area contributed by atoms with E-state index >= 15 is 0 Å². The molecule has 0 fully saturated rings. The Morgan fingerprint density at radius 3 is 2.46 bits per heavy atom. The van der Waals surface area contributed by atoms with E-state index in [4.69, 9.17) is 16.3 Å². The van der Waals surface area contributed by atoms with Crippen molar-refractivity contribution in [3.8, 4) is 5.75 Å². The summed E-state index contributed by atoms with van der Waals surface area (Å²) in [5.74, 6) is 0.118. The summed E-state index contributed by atoms with van der Waals surface area (Å²) in [6.45, 7) is 4.42. The molecule has 128 valence electrons. The Morgan fingerprint density at radius 1 is 1.17 bits per heavy atom. The van der Waals surface area contributed by atoms with Crippen LogP contribution in [0.5, 0.6) is 5.75 Å². The first kappa shape index (κ1) is 18.1. The zero-order valence-corrected chi connectivity index (χ0v) is 14.4. The molecule has 0 saturated heterocycles. The lowest BCUT2D eigenvalue weighted by atomic mass is 10.2. The third-order valence-electron chi connectivity index (χ3n) is 3.11. The lowest BCUT2D eigenvalue weighted by Gasteiger charge is -2.11. The average Bonchev–Trinajstić information content (AvgIpc) is 2.52. The number of hydrogen-bond donors (Lipinski definition) is 2. The van der Waals surface area contributed by atoms with Gasteiger partial charge in [-0.2, -0.15) is 0 Å². The summed E-state index contributed by atoms with van der Waals surface area (Å²) in [6, 6.07) is 11.6. The van der Waals surface area contributed by atoms with Crippen LogP contribution in [0.1, 0.15) is 20.3 Å². The molecule has 0 spiro atoms. The van der Waals surface area contributed by atoms with Crippen LogP contribution in [0.15, 0.2) is 42.5 Å². The predicted octanol–water partition coefficient (Wildman–Crippen LogP) is 4.71. The lowest BCUT2D eigenvalue weighted by molar-refractivity contribution is -0.115. The minimum absolute atomic E-state index is 0.0189. The summed E-state index contributed by atoms with van der Waals surface area (Å²) in [5, 5.41) is 5.82. The number of hydrogen-bond acceptors (Lipinski definition) is 3. The van der Waals surface area contributed by atoms with Crippen LogP contribution in [0.25, 0.3) is 0 Å². The van der Waals surface area contributed by atoms with Crippen LogP contribution >= 0.6 is 11.6 Å². The molecule has 0 saturated carbocycles. The molecule has 2 rings (SSSR count). The summed E-state index contributed by atoms with van der Waals surface area (Å²) >= 11 is 5.68. The molecule has 4 nitrogen and oxygen atoms in total. The van der Waals surface area contributed by atoms with E-state index < -0.39 is 5.82 Å². The Morgan fingerprint density at radius 2 is 1.83 bits per heavy atom. The van der Waals surface area contributed by atoms with Gasteiger partial charge in [0.25, 0.3) is 0 Å². The number of ether oxygens (including phenoxy) is 1. The topological polar surface area (TPSA) is 50.4 Å². The van der Waals surface area contributed by atoms with E-state index in [2.05, 4.69) is 10.6 Å². The fourth-order valence-electron chi connectivity index (χ4n) is 2.04. The number of benzene rings is 2. The third-order valence-corrected chi connectivity index (χ3v) is 3.40. The van der Waals surface area contributed by atoms with Crippen LogP contribution in [-0.4, -0.2) is 18.6 Å². The molecule has 0 aromatic heterocycles. The summed E-state index contributed by atoms with van der Waals surface area (Å²) in [5.41, 5.74) is 1.38. The number of rotatable bonds is 7. The summed E-state index contributed by atoms with van der Waals surface area (Å²) in [7, 11) is 0. The Kier molecular flexibility index (Phi) is 6.44. The predicted molar refractivity (Wildman–Crippen MR) is 95.4 cm³/mol. The van der Waals surface area contributed by atoms with Crippen LogP contribution in [0, 0.1) is 5.82 Å².